The second kappa shape index (κ2) is 5.77. The van der Waals surface area contributed by atoms with Crippen LogP contribution in [0.25, 0.3) is 0 Å². The maximum Gasteiger partial charge on any atom is 0.118 e. The van der Waals surface area contributed by atoms with Gasteiger partial charge in [-0.05, 0) is 36.4 Å². The predicted molar refractivity (Wildman–Crippen MR) is 71.2 cm³/mol. The Kier molecular flexibility index (Phi) is 4.09. The highest BCUT2D eigenvalue weighted by atomic mass is 32.2. The Balaban J connectivity index is 2.22. The number of hydrogen-bond donors (Lipinski definition) is 1. The SMILES string of the molecule is COc1ccc(Sc2ccccc2N([O-])O)cc1. The van der Waals surface area contributed by atoms with E-state index in [1.54, 1.807) is 25.3 Å². The van der Waals surface area contributed by atoms with Gasteiger partial charge in [-0.15, -0.1) is 0 Å². The normalized spacial score (nSPS) is 10.2. The lowest BCUT2D eigenvalue weighted by molar-refractivity contribution is 0.294. The summed E-state index contributed by atoms with van der Waals surface area (Å²) in [5.41, 5.74) is 0.235. The van der Waals surface area contributed by atoms with Crippen LogP contribution in [0.5, 0.6) is 5.75 Å². The molecule has 18 heavy (non-hydrogen) atoms. The van der Waals surface area contributed by atoms with Crippen molar-refractivity contribution in [2.24, 2.45) is 0 Å². The van der Waals surface area contributed by atoms with Crippen molar-refractivity contribution in [3.63, 3.8) is 0 Å². The maximum atomic E-state index is 11.0. The summed E-state index contributed by atoms with van der Waals surface area (Å²) >= 11 is 1.40. The lowest BCUT2D eigenvalue weighted by Crippen LogP contribution is -2.07. The molecule has 0 aliphatic carbocycles. The van der Waals surface area contributed by atoms with Gasteiger partial charge in [0.15, 0.2) is 0 Å². The lowest BCUT2D eigenvalue weighted by Gasteiger charge is -2.24. The number of nitrogens with zero attached hydrogens (tertiary/aromatic N) is 1. The van der Waals surface area contributed by atoms with E-state index in [0.717, 1.165) is 10.6 Å². The highest BCUT2D eigenvalue weighted by molar-refractivity contribution is 7.99. The summed E-state index contributed by atoms with van der Waals surface area (Å²) in [5, 5.41) is 19.9. The van der Waals surface area contributed by atoms with E-state index in [1.165, 1.54) is 11.8 Å². The molecule has 94 valence electrons. The van der Waals surface area contributed by atoms with E-state index in [-0.39, 0.29) is 10.9 Å². The topological polar surface area (TPSA) is 55.8 Å². The Morgan fingerprint density at radius 1 is 1.11 bits per heavy atom. The number of rotatable bonds is 4. The third kappa shape index (κ3) is 2.95. The van der Waals surface area contributed by atoms with E-state index in [1.807, 2.05) is 30.3 Å². The molecule has 0 bridgehead atoms. The van der Waals surface area contributed by atoms with Gasteiger partial charge in [-0.25, -0.2) is 0 Å². The zero-order valence-electron chi connectivity index (χ0n) is 9.74. The molecule has 4 nitrogen and oxygen atoms in total. The first-order valence-electron chi connectivity index (χ1n) is 5.28. The standard InChI is InChI=1S/C13H12NO3S/c1-17-10-6-8-11(9-7-10)18-13-5-3-2-4-12(13)14(15)16/h2-9,15H,1H3/q-1. The molecule has 0 unspecified atom stereocenters. The van der Waals surface area contributed by atoms with Crippen LogP contribution in [0.1, 0.15) is 0 Å². The molecule has 0 saturated carbocycles. The second-order valence-electron chi connectivity index (χ2n) is 3.52. The summed E-state index contributed by atoms with van der Waals surface area (Å²) in [6.45, 7) is 0. The van der Waals surface area contributed by atoms with Gasteiger partial charge < -0.3 is 15.2 Å². The van der Waals surface area contributed by atoms with Crippen molar-refractivity contribution in [2.45, 2.75) is 9.79 Å². The van der Waals surface area contributed by atoms with Crippen molar-refractivity contribution in [1.29, 1.82) is 0 Å². The fourth-order valence-electron chi connectivity index (χ4n) is 1.47. The van der Waals surface area contributed by atoms with Gasteiger partial charge in [-0.3, -0.25) is 5.21 Å². The van der Waals surface area contributed by atoms with Crippen molar-refractivity contribution >= 4 is 17.4 Å². The molecule has 0 aliphatic rings. The molecular weight excluding hydrogens is 250 g/mol. The van der Waals surface area contributed by atoms with Crippen LogP contribution >= 0.6 is 11.8 Å². The molecule has 2 aromatic carbocycles. The Bertz CT molecular complexity index is 514. The van der Waals surface area contributed by atoms with Crippen molar-refractivity contribution in [1.82, 2.24) is 0 Å². The molecule has 1 N–H and O–H groups in total. The molecular formula is C13H12NO3S-. The van der Waals surface area contributed by atoms with Crippen molar-refractivity contribution in [3.8, 4) is 5.75 Å². The van der Waals surface area contributed by atoms with Gasteiger partial charge in [-0.1, -0.05) is 23.9 Å². The van der Waals surface area contributed by atoms with E-state index >= 15 is 0 Å². The molecule has 0 heterocycles. The molecule has 2 rings (SSSR count). The van der Waals surface area contributed by atoms with Crippen LogP contribution in [0, 0.1) is 5.21 Å². The number of hydrogen-bond acceptors (Lipinski definition) is 5. The first kappa shape index (κ1) is 12.8. The minimum Gasteiger partial charge on any atom is -0.733 e. The molecule has 0 spiro atoms. The van der Waals surface area contributed by atoms with Crippen molar-refractivity contribution < 1.29 is 9.94 Å². The molecule has 0 radical (unpaired) electrons. The van der Waals surface area contributed by atoms with Gasteiger partial charge >= 0.3 is 0 Å². The fraction of sp³-hybridized carbons (Fsp3) is 0.0769. The minimum absolute atomic E-state index is 0.119. The van der Waals surface area contributed by atoms with Crippen LogP contribution in [0.15, 0.2) is 58.3 Å². The Morgan fingerprint density at radius 2 is 1.78 bits per heavy atom. The molecule has 0 aromatic heterocycles. The van der Waals surface area contributed by atoms with E-state index in [2.05, 4.69) is 0 Å². The van der Waals surface area contributed by atoms with E-state index in [4.69, 9.17) is 9.94 Å². The van der Waals surface area contributed by atoms with Crippen LogP contribution < -0.4 is 9.96 Å². The first-order chi connectivity index (χ1) is 8.70. The maximum absolute atomic E-state index is 11.0. The number of benzene rings is 2. The molecule has 0 atom stereocenters. The molecule has 0 aliphatic heterocycles. The van der Waals surface area contributed by atoms with Crippen molar-refractivity contribution in [3.05, 3.63) is 53.7 Å². The average molecular weight is 262 g/mol. The van der Waals surface area contributed by atoms with Gasteiger partial charge in [0.2, 0.25) is 0 Å². The summed E-state index contributed by atoms with van der Waals surface area (Å²) in [6, 6.07) is 14.4. The Morgan fingerprint density at radius 3 is 2.39 bits per heavy atom. The van der Waals surface area contributed by atoms with Gasteiger partial charge in [0, 0.05) is 9.79 Å². The van der Waals surface area contributed by atoms with Gasteiger partial charge in [0.05, 0.1) is 12.8 Å². The quantitative estimate of drug-likeness (QED) is 0.854. The minimum atomic E-state index is -0.119. The van der Waals surface area contributed by atoms with Crippen LogP contribution in [0.3, 0.4) is 0 Å². The highest BCUT2D eigenvalue weighted by Gasteiger charge is 2.04. The Hall–Kier alpha value is -1.69. The first-order valence-corrected chi connectivity index (χ1v) is 6.09. The summed E-state index contributed by atoms with van der Waals surface area (Å²) in [6.07, 6.45) is 0. The smallest absolute Gasteiger partial charge is 0.118 e. The highest BCUT2D eigenvalue weighted by Crippen LogP contribution is 2.35. The Labute approximate surface area is 109 Å². The van der Waals surface area contributed by atoms with Gasteiger partial charge in [0.1, 0.15) is 5.75 Å². The van der Waals surface area contributed by atoms with E-state index < -0.39 is 0 Å². The van der Waals surface area contributed by atoms with Crippen LogP contribution in [-0.4, -0.2) is 12.3 Å². The molecule has 0 saturated heterocycles. The predicted octanol–water partition coefficient (Wildman–Crippen LogP) is 3.54. The van der Waals surface area contributed by atoms with E-state index in [0.29, 0.717) is 4.90 Å². The monoisotopic (exact) mass is 262 g/mol. The largest absolute Gasteiger partial charge is 0.733 e. The number of ether oxygens (including phenoxy) is 1. The fourth-order valence-corrected chi connectivity index (χ4v) is 2.40. The summed E-state index contributed by atoms with van der Waals surface area (Å²) in [4.78, 5) is 1.66. The second-order valence-corrected chi connectivity index (χ2v) is 4.63. The van der Waals surface area contributed by atoms with Gasteiger partial charge in [-0.2, -0.15) is 0 Å². The zero-order chi connectivity index (χ0) is 13.0. The molecule has 5 heteroatoms. The number of para-hydroxylation sites is 1. The number of methoxy groups -OCH3 is 1. The zero-order valence-corrected chi connectivity index (χ0v) is 10.6. The van der Waals surface area contributed by atoms with Crippen LogP contribution in [0.2, 0.25) is 0 Å². The van der Waals surface area contributed by atoms with Crippen LogP contribution in [-0.2, 0) is 0 Å². The molecule has 0 amide bonds. The third-order valence-electron chi connectivity index (χ3n) is 2.36. The van der Waals surface area contributed by atoms with Crippen molar-refractivity contribution in [2.75, 3.05) is 12.3 Å². The number of anilines is 1. The summed E-state index contributed by atoms with van der Waals surface area (Å²) in [7, 11) is 1.61. The molecule has 2 aromatic rings. The lowest BCUT2D eigenvalue weighted by atomic mass is 10.3. The van der Waals surface area contributed by atoms with Gasteiger partial charge in [0.25, 0.3) is 0 Å². The summed E-state index contributed by atoms with van der Waals surface area (Å²) < 4.78 is 5.07. The average Bonchev–Trinajstić information content (AvgIpc) is 2.40. The van der Waals surface area contributed by atoms with Crippen LogP contribution in [0.4, 0.5) is 5.69 Å². The molecule has 0 fully saturated rings. The summed E-state index contributed by atoms with van der Waals surface area (Å²) in [5.74, 6) is 0.778. The third-order valence-corrected chi connectivity index (χ3v) is 3.43. The van der Waals surface area contributed by atoms with E-state index in [9.17, 15) is 5.21 Å².